The van der Waals surface area contributed by atoms with Crippen molar-refractivity contribution in [2.75, 3.05) is 6.54 Å². The molecule has 1 aromatic carbocycles. The zero-order valence-corrected chi connectivity index (χ0v) is 12.6. The fourth-order valence-electron chi connectivity index (χ4n) is 3.05. The van der Waals surface area contributed by atoms with Gasteiger partial charge in [0.15, 0.2) is 0 Å². The minimum atomic E-state index is -0.442. The molecule has 1 atom stereocenters. The first kappa shape index (κ1) is 15.1. The molecule has 6 nitrogen and oxygen atoms in total. The second-order valence-corrected chi connectivity index (χ2v) is 5.56. The maximum absolute atomic E-state index is 12.6. The average Bonchev–Trinajstić information content (AvgIpc) is 3.05. The third-order valence-electron chi connectivity index (χ3n) is 4.13. The van der Waals surface area contributed by atoms with Gasteiger partial charge in [-0.25, -0.2) is 0 Å². The van der Waals surface area contributed by atoms with E-state index in [1.807, 2.05) is 18.2 Å². The Bertz CT molecular complexity index is 718. The van der Waals surface area contributed by atoms with E-state index < -0.39 is 4.92 Å². The molecule has 6 heteroatoms. The Morgan fingerprint density at radius 2 is 2.04 bits per heavy atom. The highest BCUT2D eigenvalue weighted by molar-refractivity contribution is 5.80. The number of nitro benzene ring substituents is 1. The predicted molar refractivity (Wildman–Crippen MR) is 84.7 cm³/mol. The number of hydrogen-bond donors (Lipinski definition) is 0. The molecule has 0 radical (unpaired) electrons. The van der Waals surface area contributed by atoms with Crippen LogP contribution in [0.15, 0.2) is 48.7 Å². The van der Waals surface area contributed by atoms with Gasteiger partial charge in [-0.3, -0.25) is 19.9 Å². The van der Waals surface area contributed by atoms with Crippen molar-refractivity contribution in [3.05, 3.63) is 70.0 Å². The van der Waals surface area contributed by atoms with Gasteiger partial charge in [-0.05, 0) is 25.0 Å². The zero-order chi connectivity index (χ0) is 16.2. The molecule has 0 aliphatic carbocycles. The van der Waals surface area contributed by atoms with E-state index in [1.165, 1.54) is 6.07 Å². The molecule has 1 aliphatic heterocycles. The third kappa shape index (κ3) is 3.21. The summed E-state index contributed by atoms with van der Waals surface area (Å²) in [6, 6.07) is 12.0. The summed E-state index contributed by atoms with van der Waals surface area (Å²) < 4.78 is 0. The van der Waals surface area contributed by atoms with Crippen molar-refractivity contribution in [1.29, 1.82) is 0 Å². The van der Waals surface area contributed by atoms with Crippen LogP contribution >= 0.6 is 0 Å². The first-order valence-electron chi connectivity index (χ1n) is 7.59. The van der Waals surface area contributed by atoms with E-state index in [0.717, 1.165) is 18.5 Å². The second-order valence-electron chi connectivity index (χ2n) is 5.56. The molecule has 0 unspecified atom stereocenters. The Labute approximate surface area is 133 Å². The van der Waals surface area contributed by atoms with Gasteiger partial charge in [-0.1, -0.05) is 24.3 Å². The lowest BCUT2D eigenvalue weighted by Gasteiger charge is -2.24. The van der Waals surface area contributed by atoms with E-state index in [0.29, 0.717) is 12.1 Å². The van der Waals surface area contributed by atoms with Gasteiger partial charge in [0.25, 0.3) is 5.69 Å². The average molecular weight is 311 g/mol. The topological polar surface area (TPSA) is 76.3 Å². The fourth-order valence-corrected chi connectivity index (χ4v) is 3.05. The van der Waals surface area contributed by atoms with Crippen LogP contribution in [-0.2, 0) is 11.2 Å². The molecule has 1 aromatic heterocycles. The number of carbonyl (C=O) groups excluding carboxylic acids is 1. The summed E-state index contributed by atoms with van der Waals surface area (Å²) in [6.07, 6.45) is 3.56. The van der Waals surface area contributed by atoms with Gasteiger partial charge in [-0.2, -0.15) is 0 Å². The van der Waals surface area contributed by atoms with Gasteiger partial charge in [0.2, 0.25) is 5.91 Å². The highest BCUT2D eigenvalue weighted by Crippen LogP contribution is 2.31. The smallest absolute Gasteiger partial charge is 0.273 e. The van der Waals surface area contributed by atoms with Crippen LogP contribution in [0.25, 0.3) is 0 Å². The number of amides is 1. The summed E-state index contributed by atoms with van der Waals surface area (Å²) in [4.78, 5) is 29.4. The second kappa shape index (κ2) is 6.56. The molecule has 1 aliphatic rings. The lowest BCUT2D eigenvalue weighted by Crippen LogP contribution is -2.32. The van der Waals surface area contributed by atoms with Crippen molar-refractivity contribution >= 4 is 11.6 Å². The van der Waals surface area contributed by atoms with Crippen LogP contribution in [0.3, 0.4) is 0 Å². The van der Waals surface area contributed by atoms with Gasteiger partial charge in [0.05, 0.1) is 23.1 Å². The number of carbonyl (C=O) groups is 1. The lowest BCUT2D eigenvalue weighted by atomic mass is 10.1. The highest BCUT2D eigenvalue weighted by atomic mass is 16.6. The van der Waals surface area contributed by atoms with Gasteiger partial charge < -0.3 is 4.90 Å². The molecule has 0 N–H and O–H groups in total. The van der Waals surface area contributed by atoms with Crippen molar-refractivity contribution in [3.8, 4) is 0 Å². The van der Waals surface area contributed by atoms with Gasteiger partial charge in [0, 0.05) is 24.4 Å². The molecule has 0 saturated carbocycles. The SMILES string of the molecule is O=C(Cc1ccccc1[N+](=O)[O-])N1CCC[C@@H]1c1ccccn1. The van der Waals surface area contributed by atoms with E-state index in [1.54, 1.807) is 29.3 Å². The molecule has 0 bridgehead atoms. The summed E-state index contributed by atoms with van der Waals surface area (Å²) in [5.74, 6) is -0.0903. The van der Waals surface area contributed by atoms with E-state index in [4.69, 9.17) is 0 Å². The number of nitrogens with zero attached hydrogens (tertiary/aromatic N) is 3. The Morgan fingerprint density at radius 1 is 1.26 bits per heavy atom. The van der Waals surface area contributed by atoms with E-state index in [9.17, 15) is 14.9 Å². The molecule has 0 spiro atoms. The number of benzene rings is 1. The van der Waals surface area contributed by atoms with Gasteiger partial charge >= 0.3 is 0 Å². The Morgan fingerprint density at radius 3 is 2.78 bits per heavy atom. The van der Waals surface area contributed by atoms with Crippen molar-refractivity contribution in [3.63, 3.8) is 0 Å². The number of pyridine rings is 1. The monoisotopic (exact) mass is 311 g/mol. The van der Waals surface area contributed by atoms with Crippen LogP contribution < -0.4 is 0 Å². The van der Waals surface area contributed by atoms with E-state index in [2.05, 4.69) is 4.98 Å². The first-order chi connectivity index (χ1) is 11.2. The molecule has 2 aromatic rings. The summed E-state index contributed by atoms with van der Waals surface area (Å²) in [6.45, 7) is 0.667. The minimum absolute atomic E-state index is 0.00515. The van der Waals surface area contributed by atoms with Crippen LogP contribution in [0.5, 0.6) is 0 Å². The maximum atomic E-state index is 12.6. The fraction of sp³-hybridized carbons (Fsp3) is 0.294. The minimum Gasteiger partial charge on any atom is -0.334 e. The first-order valence-corrected chi connectivity index (χ1v) is 7.59. The van der Waals surface area contributed by atoms with Crippen LogP contribution in [0.1, 0.15) is 30.1 Å². The van der Waals surface area contributed by atoms with Crippen LogP contribution in [0.2, 0.25) is 0 Å². The molecular weight excluding hydrogens is 294 g/mol. The van der Waals surface area contributed by atoms with E-state index >= 15 is 0 Å². The number of nitro groups is 1. The van der Waals surface area contributed by atoms with Crippen molar-refractivity contribution < 1.29 is 9.72 Å². The van der Waals surface area contributed by atoms with Crippen LogP contribution in [0, 0.1) is 10.1 Å². The predicted octanol–water partition coefficient (Wildman–Crippen LogP) is 2.90. The molecule has 1 fully saturated rings. The highest BCUT2D eigenvalue weighted by Gasteiger charge is 2.31. The Kier molecular flexibility index (Phi) is 4.32. The number of aromatic nitrogens is 1. The zero-order valence-electron chi connectivity index (χ0n) is 12.6. The van der Waals surface area contributed by atoms with Crippen LogP contribution in [-0.4, -0.2) is 27.3 Å². The molecular formula is C17H17N3O3. The molecule has 1 amide bonds. The Balaban J connectivity index is 1.79. The van der Waals surface area contributed by atoms with Crippen molar-refractivity contribution in [2.45, 2.75) is 25.3 Å². The molecule has 118 valence electrons. The Hall–Kier alpha value is -2.76. The number of likely N-dealkylation sites (tertiary alicyclic amines) is 1. The molecule has 2 heterocycles. The standard InChI is InChI=1S/C17H17N3O3/c21-17(12-13-6-1-2-8-15(13)20(22)23)19-11-5-9-16(19)14-7-3-4-10-18-14/h1-4,6-8,10,16H,5,9,11-12H2/t16-/m1/s1. The number of hydrogen-bond acceptors (Lipinski definition) is 4. The van der Waals surface area contributed by atoms with E-state index in [-0.39, 0.29) is 24.1 Å². The van der Waals surface area contributed by atoms with Gasteiger partial charge in [0.1, 0.15) is 0 Å². The largest absolute Gasteiger partial charge is 0.334 e. The summed E-state index contributed by atoms with van der Waals surface area (Å²) in [5, 5.41) is 11.1. The summed E-state index contributed by atoms with van der Waals surface area (Å²) in [7, 11) is 0. The quantitative estimate of drug-likeness (QED) is 0.642. The third-order valence-corrected chi connectivity index (χ3v) is 4.13. The normalized spacial score (nSPS) is 17.2. The molecule has 23 heavy (non-hydrogen) atoms. The van der Waals surface area contributed by atoms with Gasteiger partial charge in [-0.15, -0.1) is 0 Å². The van der Waals surface area contributed by atoms with Crippen LogP contribution in [0.4, 0.5) is 5.69 Å². The molecule has 1 saturated heterocycles. The molecule has 3 rings (SSSR count). The van der Waals surface area contributed by atoms with Crippen molar-refractivity contribution in [2.24, 2.45) is 0 Å². The number of para-hydroxylation sites is 1. The van der Waals surface area contributed by atoms with Crippen molar-refractivity contribution in [1.82, 2.24) is 9.88 Å². The number of rotatable bonds is 4. The maximum Gasteiger partial charge on any atom is 0.273 e. The summed E-state index contributed by atoms with van der Waals surface area (Å²) in [5.41, 5.74) is 1.32. The summed E-state index contributed by atoms with van der Waals surface area (Å²) >= 11 is 0. The lowest BCUT2D eigenvalue weighted by molar-refractivity contribution is -0.385.